The molecule has 0 unspecified atom stereocenters. The fraction of sp³-hybridized carbons (Fsp3) is 0.208. The standard InChI is InChI=1S/C24H20ClFN4O2S/c25-17-7-3-16(4-8-17)20-12-22(31)21(14-29(20)24(32)23-2-1-11-33-23)30-13-19(27-28-30)15-5-9-18(26)10-6-15/h1-11,13,20-22,31H,12,14H2/t20-,21+,22+/m1/s1. The molecule has 33 heavy (non-hydrogen) atoms. The third-order valence-electron chi connectivity index (χ3n) is 5.91. The lowest BCUT2D eigenvalue weighted by molar-refractivity contribution is -0.00164. The van der Waals surface area contributed by atoms with Crippen molar-refractivity contribution in [3.05, 3.63) is 93.5 Å². The molecule has 1 saturated heterocycles. The number of aliphatic hydroxyl groups excluding tert-OH is 1. The van der Waals surface area contributed by atoms with Crippen LogP contribution in [0.3, 0.4) is 0 Å². The Morgan fingerprint density at radius 3 is 2.58 bits per heavy atom. The zero-order valence-corrected chi connectivity index (χ0v) is 19.0. The van der Waals surface area contributed by atoms with E-state index in [1.54, 1.807) is 46.1 Å². The van der Waals surface area contributed by atoms with E-state index in [0.717, 1.165) is 11.1 Å². The maximum atomic E-state index is 13.4. The predicted octanol–water partition coefficient (Wildman–Crippen LogP) is 4.99. The number of halogens is 2. The Bertz CT molecular complexity index is 1240. The number of aromatic nitrogens is 3. The van der Waals surface area contributed by atoms with Crippen LogP contribution in [0.2, 0.25) is 5.02 Å². The zero-order valence-electron chi connectivity index (χ0n) is 17.4. The van der Waals surface area contributed by atoms with Crippen LogP contribution in [0.4, 0.5) is 4.39 Å². The summed E-state index contributed by atoms with van der Waals surface area (Å²) in [6.45, 7) is 0.261. The van der Waals surface area contributed by atoms with E-state index in [1.807, 2.05) is 23.6 Å². The Labute approximate surface area is 198 Å². The lowest BCUT2D eigenvalue weighted by atomic mass is 9.90. The molecule has 1 fully saturated rings. The SMILES string of the molecule is O=C(c1cccs1)N1C[C@H](n2cc(-c3ccc(F)cc3)nn2)[C@@H](O)C[C@@H]1c1ccc(Cl)cc1. The van der Waals surface area contributed by atoms with Crippen LogP contribution in [0.15, 0.2) is 72.2 Å². The number of aliphatic hydroxyl groups is 1. The van der Waals surface area contributed by atoms with Crippen molar-refractivity contribution in [1.29, 1.82) is 0 Å². The first-order chi connectivity index (χ1) is 16.0. The second-order valence-electron chi connectivity index (χ2n) is 7.96. The van der Waals surface area contributed by atoms with E-state index in [9.17, 15) is 14.3 Å². The molecule has 6 nitrogen and oxygen atoms in total. The number of likely N-dealkylation sites (tertiary alicyclic amines) is 1. The highest BCUT2D eigenvalue weighted by molar-refractivity contribution is 7.12. The van der Waals surface area contributed by atoms with Gasteiger partial charge in [-0.3, -0.25) is 4.79 Å². The number of hydrogen-bond donors (Lipinski definition) is 1. The average molecular weight is 483 g/mol. The van der Waals surface area contributed by atoms with Crippen LogP contribution in [-0.2, 0) is 0 Å². The summed E-state index contributed by atoms with van der Waals surface area (Å²) >= 11 is 7.44. The molecule has 0 spiro atoms. The van der Waals surface area contributed by atoms with Crippen molar-refractivity contribution in [2.45, 2.75) is 24.6 Å². The quantitative estimate of drug-likeness (QED) is 0.445. The first-order valence-corrected chi connectivity index (χ1v) is 11.7. The smallest absolute Gasteiger partial charge is 0.264 e. The van der Waals surface area contributed by atoms with Crippen molar-refractivity contribution in [3.63, 3.8) is 0 Å². The van der Waals surface area contributed by atoms with Crippen molar-refractivity contribution >= 4 is 28.8 Å². The Kier molecular flexibility index (Phi) is 5.97. The summed E-state index contributed by atoms with van der Waals surface area (Å²) in [5.41, 5.74) is 2.20. The van der Waals surface area contributed by atoms with Crippen molar-refractivity contribution in [2.24, 2.45) is 0 Å². The summed E-state index contributed by atoms with van der Waals surface area (Å²) in [5.74, 6) is -0.425. The lowest BCUT2D eigenvalue weighted by Gasteiger charge is -2.42. The molecule has 1 aliphatic heterocycles. The summed E-state index contributed by atoms with van der Waals surface area (Å²) in [6.07, 6.45) is 1.31. The van der Waals surface area contributed by atoms with Crippen molar-refractivity contribution in [3.8, 4) is 11.3 Å². The highest BCUT2D eigenvalue weighted by atomic mass is 35.5. The van der Waals surface area contributed by atoms with E-state index < -0.39 is 12.1 Å². The Morgan fingerprint density at radius 1 is 1.12 bits per heavy atom. The topological polar surface area (TPSA) is 71.2 Å². The minimum Gasteiger partial charge on any atom is -0.391 e. The van der Waals surface area contributed by atoms with Crippen LogP contribution in [0, 0.1) is 5.82 Å². The summed E-state index contributed by atoms with van der Waals surface area (Å²) in [6, 6.07) is 16.2. The second kappa shape index (κ2) is 9.05. The van der Waals surface area contributed by atoms with Gasteiger partial charge in [0.15, 0.2) is 0 Å². The third-order valence-corrected chi connectivity index (χ3v) is 7.02. The number of amides is 1. The molecular formula is C24H20ClFN4O2S. The molecule has 3 heterocycles. The molecule has 168 valence electrons. The van der Waals surface area contributed by atoms with E-state index in [4.69, 9.17) is 11.6 Å². The average Bonchev–Trinajstić information content (AvgIpc) is 3.52. The van der Waals surface area contributed by atoms with Crippen LogP contribution >= 0.6 is 22.9 Å². The fourth-order valence-corrected chi connectivity index (χ4v) is 4.99. The highest BCUT2D eigenvalue weighted by Crippen LogP contribution is 2.37. The Hall–Kier alpha value is -3.07. The van der Waals surface area contributed by atoms with Crippen LogP contribution in [-0.4, -0.2) is 43.6 Å². The number of piperidine rings is 1. The van der Waals surface area contributed by atoms with Gasteiger partial charge in [0.1, 0.15) is 11.5 Å². The summed E-state index contributed by atoms with van der Waals surface area (Å²) < 4.78 is 14.9. The number of nitrogens with zero attached hydrogens (tertiary/aromatic N) is 4. The van der Waals surface area contributed by atoms with Crippen molar-refractivity contribution < 1.29 is 14.3 Å². The van der Waals surface area contributed by atoms with Crippen LogP contribution in [0.25, 0.3) is 11.3 Å². The van der Waals surface area contributed by atoms with Gasteiger partial charge < -0.3 is 10.0 Å². The van der Waals surface area contributed by atoms with E-state index in [2.05, 4.69) is 10.3 Å². The van der Waals surface area contributed by atoms with Crippen LogP contribution in [0.5, 0.6) is 0 Å². The van der Waals surface area contributed by atoms with E-state index in [0.29, 0.717) is 22.0 Å². The van der Waals surface area contributed by atoms with Gasteiger partial charge in [-0.2, -0.15) is 0 Å². The lowest BCUT2D eigenvalue weighted by Crippen LogP contribution is -2.48. The van der Waals surface area contributed by atoms with Gasteiger partial charge in [0.2, 0.25) is 0 Å². The molecule has 4 aromatic rings. The van der Waals surface area contributed by atoms with Gasteiger partial charge in [-0.1, -0.05) is 35.0 Å². The largest absolute Gasteiger partial charge is 0.391 e. The summed E-state index contributed by atoms with van der Waals surface area (Å²) in [7, 11) is 0. The van der Waals surface area contributed by atoms with Gasteiger partial charge in [0.05, 0.1) is 29.3 Å². The zero-order chi connectivity index (χ0) is 22.9. The molecule has 3 atom stereocenters. The van der Waals surface area contributed by atoms with E-state index in [-0.39, 0.29) is 24.3 Å². The highest BCUT2D eigenvalue weighted by Gasteiger charge is 2.40. The van der Waals surface area contributed by atoms with Gasteiger partial charge >= 0.3 is 0 Å². The first kappa shape index (κ1) is 21.8. The minimum atomic E-state index is -0.749. The second-order valence-corrected chi connectivity index (χ2v) is 9.35. The number of thiophene rings is 1. The monoisotopic (exact) mass is 482 g/mol. The van der Waals surface area contributed by atoms with Crippen molar-refractivity contribution in [2.75, 3.05) is 6.54 Å². The number of hydrogen-bond acceptors (Lipinski definition) is 5. The Balaban J connectivity index is 1.46. The molecule has 1 aliphatic rings. The first-order valence-electron chi connectivity index (χ1n) is 10.5. The number of carbonyl (C=O) groups excluding carboxylic acids is 1. The minimum absolute atomic E-state index is 0.0966. The predicted molar refractivity (Wildman–Crippen MR) is 125 cm³/mol. The van der Waals surface area contributed by atoms with Gasteiger partial charge in [0.25, 0.3) is 5.91 Å². The molecule has 1 N–H and O–H groups in total. The van der Waals surface area contributed by atoms with Gasteiger partial charge in [0, 0.05) is 23.6 Å². The molecule has 2 aromatic heterocycles. The molecular weight excluding hydrogens is 463 g/mol. The number of rotatable bonds is 4. The van der Waals surface area contributed by atoms with Crippen LogP contribution < -0.4 is 0 Å². The summed E-state index contributed by atoms with van der Waals surface area (Å²) in [5, 5.41) is 21.9. The van der Waals surface area contributed by atoms with E-state index >= 15 is 0 Å². The van der Waals surface area contributed by atoms with Crippen LogP contribution in [0.1, 0.15) is 33.7 Å². The molecule has 2 aromatic carbocycles. The maximum absolute atomic E-state index is 13.4. The van der Waals surface area contributed by atoms with E-state index in [1.165, 1.54) is 23.5 Å². The fourth-order valence-electron chi connectivity index (χ4n) is 4.18. The molecule has 0 aliphatic carbocycles. The molecule has 0 radical (unpaired) electrons. The molecule has 0 saturated carbocycles. The third kappa shape index (κ3) is 4.42. The summed E-state index contributed by atoms with van der Waals surface area (Å²) in [4.78, 5) is 15.8. The Morgan fingerprint density at radius 2 is 1.88 bits per heavy atom. The molecule has 9 heteroatoms. The van der Waals surface area contributed by atoms with Crippen molar-refractivity contribution in [1.82, 2.24) is 19.9 Å². The number of benzene rings is 2. The molecule has 1 amide bonds. The van der Waals surface area contributed by atoms with Gasteiger partial charge in [-0.15, -0.1) is 16.4 Å². The molecule has 0 bridgehead atoms. The maximum Gasteiger partial charge on any atom is 0.264 e. The van der Waals surface area contributed by atoms with Gasteiger partial charge in [-0.05, 0) is 53.4 Å². The van der Waals surface area contributed by atoms with Gasteiger partial charge in [-0.25, -0.2) is 9.07 Å². The number of carbonyl (C=O) groups is 1. The normalized spacial score (nSPS) is 20.7. The molecule has 5 rings (SSSR count).